The van der Waals surface area contributed by atoms with Crippen LogP contribution in [0.25, 0.3) is 11.1 Å². The summed E-state index contributed by atoms with van der Waals surface area (Å²) in [5.41, 5.74) is 6.23. The Hall–Kier alpha value is -2.40. The van der Waals surface area contributed by atoms with E-state index in [1.54, 1.807) is 21.3 Å². The number of benzene rings is 2. The van der Waals surface area contributed by atoms with Gasteiger partial charge in [0.2, 0.25) is 0 Å². The average molecular weight is 383 g/mol. The third-order valence-corrected chi connectivity index (χ3v) is 5.83. The Bertz CT molecular complexity index is 906. The molecular formula is C23H29NO4. The van der Waals surface area contributed by atoms with Crippen LogP contribution in [0.1, 0.15) is 36.6 Å². The molecule has 5 nitrogen and oxygen atoms in total. The molecule has 4 rings (SSSR count). The van der Waals surface area contributed by atoms with Gasteiger partial charge in [-0.25, -0.2) is 0 Å². The van der Waals surface area contributed by atoms with Crippen molar-refractivity contribution in [1.82, 2.24) is 4.90 Å². The second kappa shape index (κ2) is 7.21. The van der Waals surface area contributed by atoms with E-state index in [4.69, 9.17) is 18.9 Å². The van der Waals surface area contributed by atoms with Crippen LogP contribution in [-0.2, 0) is 12.8 Å². The molecule has 1 heterocycles. The van der Waals surface area contributed by atoms with Crippen LogP contribution in [-0.4, -0.2) is 45.9 Å². The first kappa shape index (κ1) is 18.9. The monoisotopic (exact) mass is 383 g/mol. The quantitative estimate of drug-likeness (QED) is 0.772. The maximum atomic E-state index is 6.03. The SMILES string of the molecule is COc1cc2c(cc1OC(C)C)C[C@H]1c3c(cc(OC)c(OC)c3-2)CCN1C. The fourth-order valence-electron chi connectivity index (χ4n) is 4.57. The lowest BCUT2D eigenvalue weighted by atomic mass is 9.76. The van der Waals surface area contributed by atoms with Gasteiger partial charge in [0.25, 0.3) is 0 Å². The molecule has 1 atom stereocenters. The highest BCUT2D eigenvalue weighted by atomic mass is 16.5. The number of ether oxygens (including phenoxy) is 4. The van der Waals surface area contributed by atoms with Gasteiger partial charge in [0, 0.05) is 18.2 Å². The summed E-state index contributed by atoms with van der Waals surface area (Å²) in [7, 11) is 7.30. The zero-order valence-electron chi connectivity index (χ0n) is 17.6. The van der Waals surface area contributed by atoms with E-state index in [0.717, 1.165) is 53.5 Å². The van der Waals surface area contributed by atoms with Crippen molar-refractivity contribution in [3.8, 4) is 34.1 Å². The molecule has 0 radical (unpaired) electrons. The van der Waals surface area contributed by atoms with E-state index < -0.39 is 0 Å². The number of hydrogen-bond donors (Lipinski definition) is 0. The summed E-state index contributed by atoms with van der Waals surface area (Å²) in [4.78, 5) is 2.44. The van der Waals surface area contributed by atoms with Gasteiger partial charge in [0.15, 0.2) is 23.0 Å². The van der Waals surface area contributed by atoms with Crippen LogP contribution >= 0.6 is 0 Å². The summed E-state index contributed by atoms with van der Waals surface area (Å²) in [5.74, 6) is 3.12. The van der Waals surface area contributed by atoms with E-state index in [-0.39, 0.29) is 6.10 Å². The predicted molar refractivity (Wildman–Crippen MR) is 110 cm³/mol. The number of hydrogen-bond acceptors (Lipinski definition) is 5. The van der Waals surface area contributed by atoms with Gasteiger partial charge < -0.3 is 18.9 Å². The maximum absolute atomic E-state index is 6.03. The summed E-state index contributed by atoms with van der Waals surface area (Å²) in [6.45, 7) is 5.10. The zero-order valence-corrected chi connectivity index (χ0v) is 17.6. The summed E-state index contributed by atoms with van der Waals surface area (Å²) >= 11 is 0. The van der Waals surface area contributed by atoms with Crippen LogP contribution in [0.5, 0.6) is 23.0 Å². The van der Waals surface area contributed by atoms with Crippen molar-refractivity contribution in [3.63, 3.8) is 0 Å². The van der Waals surface area contributed by atoms with Crippen molar-refractivity contribution >= 4 is 0 Å². The zero-order chi connectivity index (χ0) is 20.0. The van der Waals surface area contributed by atoms with Crippen LogP contribution in [0, 0.1) is 0 Å². The second-order valence-corrected chi connectivity index (χ2v) is 7.84. The molecule has 0 spiro atoms. The standard InChI is InChI=1S/C23H29NO4/c1-13(2)28-19-11-15-9-17-21-14(7-8-24(17)3)10-20(26-5)23(27-6)22(21)16(15)12-18(19)25-4/h10-13,17H,7-9H2,1-6H3/t17-/m0/s1. The van der Waals surface area contributed by atoms with E-state index in [1.165, 1.54) is 16.7 Å². The van der Waals surface area contributed by atoms with Gasteiger partial charge in [-0.05, 0) is 74.2 Å². The van der Waals surface area contributed by atoms with Crippen LogP contribution in [0.2, 0.25) is 0 Å². The van der Waals surface area contributed by atoms with Crippen LogP contribution in [0.4, 0.5) is 0 Å². The third kappa shape index (κ3) is 2.89. The van der Waals surface area contributed by atoms with Gasteiger partial charge in [0.05, 0.1) is 27.4 Å². The molecule has 0 N–H and O–H groups in total. The van der Waals surface area contributed by atoms with Crippen molar-refractivity contribution in [3.05, 3.63) is 34.9 Å². The Kier molecular flexibility index (Phi) is 4.88. The fourth-order valence-corrected chi connectivity index (χ4v) is 4.57. The molecule has 0 unspecified atom stereocenters. The normalized spacial score (nSPS) is 17.8. The van der Waals surface area contributed by atoms with Crippen molar-refractivity contribution in [2.75, 3.05) is 34.9 Å². The first-order valence-electron chi connectivity index (χ1n) is 9.84. The minimum atomic E-state index is 0.0846. The van der Waals surface area contributed by atoms with Gasteiger partial charge in [-0.1, -0.05) is 0 Å². The molecule has 0 fully saturated rings. The number of likely N-dealkylation sites (N-methyl/N-ethyl adjacent to an activating group) is 1. The van der Waals surface area contributed by atoms with Gasteiger partial charge >= 0.3 is 0 Å². The summed E-state index contributed by atoms with van der Waals surface area (Å²) < 4.78 is 23.2. The largest absolute Gasteiger partial charge is 0.493 e. The highest BCUT2D eigenvalue weighted by Crippen LogP contribution is 2.53. The lowest BCUT2D eigenvalue weighted by Gasteiger charge is -2.40. The first-order chi connectivity index (χ1) is 13.5. The third-order valence-electron chi connectivity index (χ3n) is 5.83. The van der Waals surface area contributed by atoms with Crippen molar-refractivity contribution in [2.45, 2.75) is 38.8 Å². The summed E-state index contributed by atoms with van der Waals surface area (Å²) in [6, 6.07) is 6.70. The van der Waals surface area contributed by atoms with Gasteiger partial charge in [-0.2, -0.15) is 0 Å². The molecule has 0 bridgehead atoms. The average Bonchev–Trinajstić information content (AvgIpc) is 2.68. The number of nitrogens with zero attached hydrogens (tertiary/aromatic N) is 1. The van der Waals surface area contributed by atoms with Crippen LogP contribution in [0.15, 0.2) is 18.2 Å². The Labute approximate surface area is 167 Å². The Morgan fingerprint density at radius 1 is 0.929 bits per heavy atom. The molecule has 1 aliphatic heterocycles. The van der Waals surface area contributed by atoms with E-state index in [2.05, 4.69) is 30.1 Å². The number of rotatable bonds is 5. The molecule has 2 aromatic rings. The van der Waals surface area contributed by atoms with E-state index in [0.29, 0.717) is 6.04 Å². The summed E-state index contributed by atoms with van der Waals surface area (Å²) in [5, 5.41) is 0. The Morgan fingerprint density at radius 2 is 1.64 bits per heavy atom. The van der Waals surface area contributed by atoms with Crippen molar-refractivity contribution in [1.29, 1.82) is 0 Å². The highest BCUT2D eigenvalue weighted by molar-refractivity contribution is 5.85. The molecule has 0 aromatic heterocycles. The molecular weight excluding hydrogens is 354 g/mol. The minimum absolute atomic E-state index is 0.0846. The fraction of sp³-hybridized carbons (Fsp3) is 0.478. The molecule has 2 aromatic carbocycles. The smallest absolute Gasteiger partial charge is 0.168 e. The second-order valence-electron chi connectivity index (χ2n) is 7.84. The number of fused-ring (bicyclic) bond motifs is 2. The van der Waals surface area contributed by atoms with Gasteiger partial charge in [-0.15, -0.1) is 0 Å². The molecule has 150 valence electrons. The maximum Gasteiger partial charge on any atom is 0.168 e. The van der Waals surface area contributed by atoms with Crippen molar-refractivity contribution in [2.24, 2.45) is 0 Å². The molecule has 0 amide bonds. The molecule has 0 saturated heterocycles. The molecule has 28 heavy (non-hydrogen) atoms. The summed E-state index contributed by atoms with van der Waals surface area (Å²) in [6.07, 6.45) is 2.04. The van der Waals surface area contributed by atoms with Crippen LogP contribution < -0.4 is 18.9 Å². The molecule has 0 saturated carbocycles. The highest BCUT2D eigenvalue weighted by Gasteiger charge is 2.37. The molecule has 1 aliphatic carbocycles. The van der Waals surface area contributed by atoms with E-state index in [9.17, 15) is 0 Å². The van der Waals surface area contributed by atoms with Crippen molar-refractivity contribution < 1.29 is 18.9 Å². The Morgan fingerprint density at radius 3 is 2.29 bits per heavy atom. The van der Waals surface area contributed by atoms with E-state index >= 15 is 0 Å². The van der Waals surface area contributed by atoms with E-state index in [1.807, 2.05) is 13.8 Å². The topological polar surface area (TPSA) is 40.2 Å². The molecule has 5 heteroatoms. The lowest BCUT2D eigenvalue weighted by Crippen LogP contribution is -2.35. The Balaban J connectivity index is 2.01. The molecule has 2 aliphatic rings. The first-order valence-corrected chi connectivity index (χ1v) is 9.84. The minimum Gasteiger partial charge on any atom is -0.493 e. The number of methoxy groups -OCH3 is 3. The lowest BCUT2D eigenvalue weighted by molar-refractivity contribution is 0.222. The van der Waals surface area contributed by atoms with Gasteiger partial charge in [0.1, 0.15) is 0 Å². The van der Waals surface area contributed by atoms with Gasteiger partial charge in [-0.3, -0.25) is 4.90 Å². The predicted octanol–water partition coefficient (Wildman–Crippen LogP) is 4.25. The van der Waals surface area contributed by atoms with Crippen LogP contribution in [0.3, 0.4) is 0 Å².